The van der Waals surface area contributed by atoms with Crippen LogP contribution >= 0.6 is 0 Å². The highest BCUT2D eigenvalue weighted by Gasteiger charge is 2.19. The lowest BCUT2D eigenvalue weighted by Gasteiger charge is -2.22. The van der Waals surface area contributed by atoms with Crippen molar-refractivity contribution in [2.24, 2.45) is 0 Å². The molecule has 4 nitrogen and oxygen atoms in total. The molecule has 0 aliphatic carbocycles. The van der Waals surface area contributed by atoms with E-state index in [2.05, 4.69) is 11.9 Å². The second-order valence-corrected chi connectivity index (χ2v) is 6.55. The predicted octanol–water partition coefficient (Wildman–Crippen LogP) is 4.78. The van der Waals surface area contributed by atoms with Crippen molar-refractivity contribution in [2.45, 2.75) is 39.8 Å². The molecule has 0 N–H and O–H groups in total. The highest BCUT2D eigenvalue weighted by atomic mass is 19.1. The number of aryl methyl sites for hydroxylation is 1. The summed E-state index contributed by atoms with van der Waals surface area (Å²) < 4.78 is 28.8. The minimum Gasteiger partial charge on any atom is -0.331 e. The summed E-state index contributed by atoms with van der Waals surface area (Å²) in [5, 5.41) is 0. The zero-order valence-corrected chi connectivity index (χ0v) is 15.6. The van der Waals surface area contributed by atoms with E-state index in [1.54, 1.807) is 11.0 Å². The molecule has 1 amide bonds. The molecule has 0 saturated carbocycles. The van der Waals surface area contributed by atoms with Crippen molar-refractivity contribution >= 4 is 16.9 Å². The Morgan fingerprint density at radius 2 is 1.74 bits per heavy atom. The van der Waals surface area contributed by atoms with Crippen molar-refractivity contribution in [1.29, 1.82) is 0 Å². The zero-order chi connectivity index (χ0) is 19.4. The molecule has 1 heterocycles. The summed E-state index contributed by atoms with van der Waals surface area (Å²) in [5.74, 6) is -0.150. The van der Waals surface area contributed by atoms with Crippen LogP contribution < -0.4 is 0 Å². The number of carbonyl (C=O) groups is 1. The summed E-state index contributed by atoms with van der Waals surface area (Å²) in [5.41, 5.74) is 1.89. The zero-order valence-electron chi connectivity index (χ0n) is 15.6. The molecule has 1 aromatic heterocycles. The van der Waals surface area contributed by atoms with Gasteiger partial charge in [0.1, 0.15) is 17.5 Å². The Bertz CT molecular complexity index is 934. The monoisotopic (exact) mass is 371 g/mol. The van der Waals surface area contributed by atoms with Crippen LogP contribution in [-0.2, 0) is 13.1 Å². The van der Waals surface area contributed by atoms with Crippen LogP contribution in [0.25, 0.3) is 11.0 Å². The maximum absolute atomic E-state index is 13.6. The van der Waals surface area contributed by atoms with Crippen LogP contribution in [0.3, 0.4) is 0 Å². The molecule has 0 aliphatic rings. The van der Waals surface area contributed by atoms with Crippen molar-refractivity contribution in [3.05, 3.63) is 65.5 Å². The first-order chi connectivity index (χ1) is 13.0. The van der Waals surface area contributed by atoms with E-state index in [0.29, 0.717) is 24.2 Å². The Labute approximate surface area is 157 Å². The Balaban J connectivity index is 1.95. The van der Waals surface area contributed by atoms with E-state index in [1.807, 2.05) is 11.5 Å². The second-order valence-electron chi connectivity index (χ2n) is 6.55. The standard InChI is InChI=1S/C21H23F2N3O/c1-3-11-25(21(27)15-5-7-16(22)8-6-15)14-20-24-18-13-17(23)9-10-19(18)26(20)12-4-2/h5-10,13H,3-4,11-12,14H2,1-2H3. The minimum atomic E-state index is -0.375. The van der Waals surface area contributed by atoms with Gasteiger partial charge in [-0.25, -0.2) is 13.8 Å². The SMILES string of the molecule is CCCN(Cc1nc2cc(F)ccc2n1CCC)C(=O)c1ccc(F)cc1. The number of hydrogen-bond donors (Lipinski definition) is 0. The van der Waals surface area contributed by atoms with Gasteiger partial charge in [0.25, 0.3) is 5.91 Å². The number of hydrogen-bond acceptors (Lipinski definition) is 2. The van der Waals surface area contributed by atoms with Gasteiger partial charge in [0.05, 0.1) is 17.6 Å². The lowest BCUT2D eigenvalue weighted by atomic mass is 10.2. The van der Waals surface area contributed by atoms with E-state index < -0.39 is 0 Å². The van der Waals surface area contributed by atoms with Crippen molar-refractivity contribution in [3.8, 4) is 0 Å². The molecule has 0 atom stereocenters. The number of rotatable bonds is 7. The minimum absolute atomic E-state index is 0.168. The number of halogens is 2. The summed E-state index contributed by atoms with van der Waals surface area (Å²) >= 11 is 0. The van der Waals surface area contributed by atoms with Gasteiger partial charge in [-0.2, -0.15) is 0 Å². The summed E-state index contributed by atoms with van der Waals surface area (Å²) in [7, 11) is 0. The van der Waals surface area contributed by atoms with Crippen LogP contribution in [0, 0.1) is 11.6 Å². The van der Waals surface area contributed by atoms with E-state index in [4.69, 9.17) is 0 Å². The highest BCUT2D eigenvalue weighted by molar-refractivity contribution is 5.94. The molecule has 6 heteroatoms. The molecule has 0 saturated heterocycles. The number of amides is 1. The number of imidazole rings is 1. The summed E-state index contributed by atoms with van der Waals surface area (Å²) in [6.07, 6.45) is 1.69. The predicted molar refractivity (Wildman–Crippen MR) is 101 cm³/mol. The summed E-state index contributed by atoms with van der Waals surface area (Å²) in [4.78, 5) is 19.2. The van der Waals surface area contributed by atoms with Gasteiger partial charge in [-0.05, 0) is 49.2 Å². The van der Waals surface area contributed by atoms with Crippen LogP contribution in [-0.4, -0.2) is 26.9 Å². The molecule has 2 aromatic carbocycles. The third-order valence-electron chi connectivity index (χ3n) is 4.44. The highest BCUT2D eigenvalue weighted by Crippen LogP contribution is 2.20. The molecule has 3 rings (SSSR count). The van der Waals surface area contributed by atoms with Gasteiger partial charge >= 0.3 is 0 Å². The van der Waals surface area contributed by atoms with Crippen LogP contribution in [0.2, 0.25) is 0 Å². The van der Waals surface area contributed by atoms with Gasteiger partial charge in [-0.3, -0.25) is 4.79 Å². The second kappa shape index (κ2) is 8.29. The molecule has 27 heavy (non-hydrogen) atoms. The lowest BCUT2D eigenvalue weighted by molar-refractivity contribution is 0.0737. The van der Waals surface area contributed by atoms with Gasteiger partial charge in [-0.15, -0.1) is 0 Å². The quantitative estimate of drug-likeness (QED) is 0.600. The first kappa shape index (κ1) is 19.0. The maximum atomic E-state index is 13.6. The van der Waals surface area contributed by atoms with Gasteiger partial charge in [0.2, 0.25) is 0 Å². The van der Waals surface area contributed by atoms with Gasteiger partial charge < -0.3 is 9.47 Å². The third-order valence-corrected chi connectivity index (χ3v) is 4.44. The summed E-state index contributed by atoms with van der Waals surface area (Å²) in [6.45, 7) is 5.67. The van der Waals surface area contributed by atoms with E-state index >= 15 is 0 Å². The van der Waals surface area contributed by atoms with Gasteiger partial charge in [-0.1, -0.05) is 13.8 Å². The Morgan fingerprint density at radius 3 is 2.41 bits per heavy atom. The third kappa shape index (κ3) is 4.15. The number of nitrogens with zero attached hydrogens (tertiary/aromatic N) is 3. The summed E-state index contributed by atoms with van der Waals surface area (Å²) in [6, 6.07) is 10.1. The van der Waals surface area contributed by atoms with E-state index in [9.17, 15) is 13.6 Å². The number of aromatic nitrogens is 2. The Kier molecular flexibility index (Phi) is 5.84. The molecule has 3 aromatic rings. The van der Waals surface area contributed by atoms with E-state index in [0.717, 1.165) is 30.7 Å². The normalized spacial score (nSPS) is 11.1. The molecular formula is C21H23F2N3O. The number of benzene rings is 2. The molecule has 0 fully saturated rings. The molecule has 0 bridgehead atoms. The van der Waals surface area contributed by atoms with Crippen LogP contribution in [0.5, 0.6) is 0 Å². The number of fused-ring (bicyclic) bond motifs is 1. The smallest absolute Gasteiger partial charge is 0.254 e. The molecular weight excluding hydrogens is 348 g/mol. The van der Waals surface area contributed by atoms with Crippen molar-refractivity contribution in [2.75, 3.05) is 6.54 Å². The Morgan fingerprint density at radius 1 is 1.04 bits per heavy atom. The van der Waals surface area contributed by atoms with E-state index in [-0.39, 0.29) is 17.5 Å². The fourth-order valence-electron chi connectivity index (χ4n) is 3.21. The Hall–Kier alpha value is -2.76. The molecule has 0 unspecified atom stereocenters. The fourth-order valence-corrected chi connectivity index (χ4v) is 3.21. The van der Waals surface area contributed by atoms with E-state index in [1.165, 1.54) is 36.4 Å². The van der Waals surface area contributed by atoms with Crippen molar-refractivity contribution < 1.29 is 13.6 Å². The lowest BCUT2D eigenvalue weighted by Crippen LogP contribution is -2.32. The molecule has 0 spiro atoms. The topological polar surface area (TPSA) is 38.1 Å². The number of carbonyl (C=O) groups excluding carboxylic acids is 1. The van der Waals surface area contributed by atoms with Crippen LogP contribution in [0.4, 0.5) is 8.78 Å². The van der Waals surface area contributed by atoms with Crippen molar-refractivity contribution in [1.82, 2.24) is 14.5 Å². The maximum Gasteiger partial charge on any atom is 0.254 e. The average Bonchev–Trinajstić information content (AvgIpc) is 2.98. The van der Waals surface area contributed by atoms with Crippen LogP contribution in [0.15, 0.2) is 42.5 Å². The largest absolute Gasteiger partial charge is 0.331 e. The van der Waals surface area contributed by atoms with Crippen LogP contribution in [0.1, 0.15) is 42.9 Å². The first-order valence-electron chi connectivity index (χ1n) is 9.23. The van der Waals surface area contributed by atoms with Gasteiger partial charge in [0, 0.05) is 24.7 Å². The first-order valence-corrected chi connectivity index (χ1v) is 9.23. The molecule has 0 radical (unpaired) electrons. The fraction of sp³-hybridized carbons (Fsp3) is 0.333. The molecule has 0 aliphatic heterocycles. The molecule has 142 valence electrons. The van der Waals surface area contributed by atoms with Gasteiger partial charge in [0.15, 0.2) is 0 Å². The van der Waals surface area contributed by atoms with Crippen molar-refractivity contribution in [3.63, 3.8) is 0 Å². The average molecular weight is 371 g/mol.